The van der Waals surface area contributed by atoms with Gasteiger partial charge in [0, 0.05) is 28.7 Å². The van der Waals surface area contributed by atoms with Crippen LogP contribution in [-0.2, 0) is 12.5 Å². The summed E-state index contributed by atoms with van der Waals surface area (Å²) in [5.74, 6) is 1.58. The van der Waals surface area contributed by atoms with E-state index in [1.165, 1.54) is 0 Å². The first-order chi connectivity index (χ1) is 8.27. The highest BCUT2D eigenvalue weighted by Gasteiger charge is 2.21. The fraction of sp³-hybridized carbons (Fsp3) is 0.385. The number of nitrogens with zero attached hydrogens (tertiary/aromatic N) is 3. The third kappa shape index (κ3) is 2.48. The predicted octanol–water partition coefficient (Wildman–Crippen LogP) is 3.02. The lowest BCUT2D eigenvalue weighted by molar-refractivity contribution is 0.538. The van der Waals surface area contributed by atoms with Crippen LogP contribution in [0.2, 0.25) is 5.02 Å². The van der Waals surface area contributed by atoms with Crippen LogP contribution in [0, 0.1) is 0 Å². The van der Waals surface area contributed by atoms with E-state index in [2.05, 4.69) is 30.9 Å². The highest BCUT2D eigenvalue weighted by atomic mass is 35.5. The van der Waals surface area contributed by atoms with Crippen molar-refractivity contribution >= 4 is 17.3 Å². The first kappa shape index (κ1) is 12.9. The molecule has 1 aromatic heterocycles. The molecule has 2 N–H and O–H groups in total. The molecule has 0 atom stereocenters. The van der Waals surface area contributed by atoms with Gasteiger partial charge in [0.2, 0.25) is 0 Å². The average molecular weight is 265 g/mol. The Balaban J connectivity index is 2.54. The maximum absolute atomic E-state index is 6.01. The summed E-state index contributed by atoms with van der Waals surface area (Å²) in [4.78, 5) is 4.57. The summed E-state index contributed by atoms with van der Waals surface area (Å²) in [7, 11) is 1.87. The third-order valence-corrected chi connectivity index (χ3v) is 2.83. The lowest BCUT2D eigenvalue weighted by atomic mass is 9.96. The molecule has 18 heavy (non-hydrogen) atoms. The van der Waals surface area contributed by atoms with Gasteiger partial charge >= 0.3 is 0 Å². The van der Waals surface area contributed by atoms with Gasteiger partial charge in [0.1, 0.15) is 0 Å². The van der Waals surface area contributed by atoms with Gasteiger partial charge in [-0.2, -0.15) is 5.10 Å². The van der Waals surface area contributed by atoms with Crippen LogP contribution in [0.1, 0.15) is 26.6 Å². The Kier molecular flexibility index (Phi) is 3.07. The Morgan fingerprint density at radius 2 is 1.89 bits per heavy atom. The van der Waals surface area contributed by atoms with E-state index >= 15 is 0 Å². The van der Waals surface area contributed by atoms with E-state index in [4.69, 9.17) is 17.3 Å². The first-order valence-electron chi connectivity index (χ1n) is 5.75. The molecule has 0 bridgehead atoms. The van der Waals surface area contributed by atoms with Gasteiger partial charge in [-0.15, -0.1) is 0 Å². The number of halogens is 1. The second-order valence-electron chi connectivity index (χ2n) is 5.41. The van der Waals surface area contributed by atoms with Crippen molar-refractivity contribution in [3.05, 3.63) is 29.0 Å². The minimum Gasteiger partial charge on any atom is -0.399 e. The standard InChI is InChI=1S/C13H17ClN4/c1-13(2,3)12-16-11(18(4)17-12)8-5-9(14)7-10(15)6-8/h5-7H,15H2,1-4H3. The van der Waals surface area contributed by atoms with Crippen LogP contribution in [0.5, 0.6) is 0 Å². The topological polar surface area (TPSA) is 56.7 Å². The Bertz CT molecular complexity index is 561. The van der Waals surface area contributed by atoms with Crippen molar-refractivity contribution in [2.24, 2.45) is 7.05 Å². The molecule has 0 unspecified atom stereocenters. The summed E-state index contributed by atoms with van der Waals surface area (Å²) in [6, 6.07) is 5.41. The average Bonchev–Trinajstić information content (AvgIpc) is 2.58. The molecule has 5 heteroatoms. The van der Waals surface area contributed by atoms with Gasteiger partial charge in [-0.3, -0.25) is 0 Å². The molecule has 0 aliphatic heterocycles. The van der Waals surface area contributed by atoms with E-state index in [-0.39, 0.29) is 5.41 Å². The number of aromatic nitrogens is 3. The van der Waals surface area contributed by atoms with E-state index in [0.717, 1.165) is 17.2 Å². The largest absolute Gasteiger partial charge is 0.399 e. The second-order valence-corrected chi connectivity index (χ2v) is 5.84. The number of anilines is 1. The Labute approximate surface area is 112 Å². The van der Waals surface area contributed by atoms with Crippen LogP contribution in [0.3, 0.4) is 0 Å². The molecule has 0 aliphatic carbocycles. The van der Waals surface area contributed by atoms with Crippen molar-refractivity contribution < 1.29 is 0 Å². The smallest absolute Gasteiger partial charge is 0.158 e. The zero-order valence-electron chi connectivity index (χ0n) is 11.0. The first-order valence-corrected chi connectivity index (χ1v) is 6.13. The molecule has 0 radical (unpaired) electrons. The third-order valence-electron chi connectivity index (χ3n) is 2.61. The second kappa shape index (κ2) is 4.28. The quantitative estimate of drug-likeness (QED) is 0.806. The normalized spacial score (nSPS) is 11.8. The van der Waals surface area contributed by atoms with Crippen molar-refractivity contribution in [3.63, 3.8) is 0 Å². The van der Waals surface area contributed by atoms with E-state index in [9.17, 15) is 0 Å². The highest BCUT2D eigenvalue weighted by molar-refractivity contribution is 6.31. The Morgan fingerprint density at radius 3 is 2.39 bits per heavy atom. The fourth-order valence-corrected chi connectivity index (χ4v) is 1.94. The molecule has 0 amide bonds. The molecular formula is C13H17ClN4. The summed E-state index contributed by atoms with van der Waals surface area (Å²) in [5.41, 5.74) is 7.22. The van der Waals surface area contributed by atoms with Crippen molar-refractivity contribution in [1.82, 2.24) is 14.8 Å². The molecule has 1 aromatic carbocycles. The molecule has 2 rings (SSSR count). The Hall–Kier alpha value is -1.55. The molecule has 0 saturated carbocycles. The van der Waals surface area contributed by atoms with Crippen molar-refractivity contribution in [3.8, 4) is 11.4 Å². The molecule has 0 saturated heterocycles. The van der Waals surface area contributed by atoms with Crippen LogP contribution in [0.4, 0.5) is 5.69 Å². The summed E-state index contributed by atoms with van der Waals surface area (Å²) in [5, 5.41) is 5.04. The number of hydrogen-bond acceptors (Lipinski definition) is 3. The Morgan fingerprint density at radius 1 is 1.22 bits per heavy atom. The summed E-state index contributed by atoms with van der Waals surface area (Å²) in [6.45, 7) is 6.25. The van der Waals surface area contributed by atoms with E-state index in [1.54, 1.807) is 10.7 Å². The number of nitrogen functional groups attached to an aromatic ring is 1. The fourth-order valence-electron chi connectivity index (χ4n) is 1.69. The van der Waals surface area contributed by atoms with Gasteiger partial charge in [0.25, 0.3) is 0 Å². The van der Waals surface area contributed by atoms with Crippen LogP contribution in [-0.4, -0.2) is 14.8 Å². The summed E-state index contributed by atoms with van der Waals surface area (Å²) >= 11 is 6.01. The monoisotopic (exact) mass is 264 g/mol. The van der Waals surface area contributed by atoms with Crippen molar-refractivity contribution in [2.75, 3.05) is 5.73 Å². The van der Waals surface area contributed by atoms with Gasteiger partial charge in [-0.25, -0.2) is 9.67 Å². The summed E-state index contributed by atoms with van der Waals surface area (Å²) < 4.78 is 1.76. The molecule has 1 heterocycles. The molecule has 0 spiro atoms. The van der Waals surface area contributed by atoms with E-state index < -0.39 is 0 Å². The maximum Gasteiger partial charge on any atom is 0.158 e. The molecule has 2 aromatic rings. The maximum atomic E-state index is 6.01. The summed E-state index contributed by atoms with van der Waals surface area (Å²) in [6.07, 6.45) is 0. The van der Waals surface area contributed by atoms with Crippen LogP contribution in [0.15, 0.2) is 18.2 Å². The van der Waals surface area contributed by atoms with Crippen LogP contribution >= 0.6 is 11.6 Å². The molecule has 0 aliphatic rings. The number of hydrogen-bond donors (Lipinski definition) is 1. The minimum atomic E-state index is -0.0832. The highest BCUT2D eigenvalue weighted by Crippen LogP contribution is 2.27. The minimum absolute atomic E-state index is 0.0832. The molecular weight excluding hydrogens is 248 g/mol. The van der Waals surface area contributed by atoms with Gasteiger partial charge in [-0.1, -0.05) is 32.4 Å². The van der Waals surface area contributed by atoms with E-state index in [1.807, 2.05) is 19.2 Å². The van der Waals surface area contributed by atoms with Crippen molar-refractivity contribution in [1.29, 1.82) is 0 Å². The van der Waals surface area contributed by atoms with Crippen LogP contribution < -0.4 is 5.73 Å². The number of rotatable bonds is 1. The van der Waals surface area contributed by atoms with Crippen LogP contribution in [0.25, 0.3) is 11.4 Å². The van der Waals surface area contributed by atoms with E-state index in [0.29, 0.717) is 10.7 Å². The lowest BCUT2D eigenvalue weighted by Gasteiger charge is -2.12. The number of benzene rings is 1. The van der Waals surface area contributed by atoms with Gasteiger partial charge in [-0.05, 0) is 18.2 Å². The zero-order chi connectivity index (χ0) is 13.5. The molecule has 0 fully saturated rings. The number of aryl methyl sites for hydroxylation is 1. The van der Waals surface area contributed by atoms with Crippen molar-refractivity contribution in [2.45, 2.75) is 26.2 Å². The number of nitrogens with two attached hydrogens (primary N) is 1. The lowest BCUT2D eigenvalue weighted by Crippen LogP contribution is -2.13. The molecule has 96 valence electrons. The SMILES string of the molecule is Cn1nc(C(C)(C)C)nc1-c1cc(N)cc(Cl)c1. The van der Waals surface area contributed by atoms with Gasteiger partial charge in [0.05, 0.1) is 0 Å². The predicted molar refractivity (Wildman–Crippen MR) is 74.6 cm³/mol. The zero-order valence-corrected chi connectivity index (χ0v) is 11.8. The van der Waals surface area contributed by atoms with Gasteiger partial charge in [0.15, 0.2) is 11.6 Å². The molecule has 4 nitrogen and oxygen atoms in total. The van der Waals surface area contributed by atoms with Gasteiger partial charge < -0.3 is 5.73 Å².